The van der Waals surface area contributed by atoms with Crippen LogP contribution in [0.3, 0.4) is 0 Å². The molecule has 0 radical (unpaired) electrons. The number of aromatic nitrogens is 2. The molecule has 3 rings (SSSR count). The van der Waals surface area contributed by atoms with Crippen molar-refractivity contribution in [2.75, 3.05) is 20.8 Å². The van der Waals surface area contributed by atoms with Crippen LogP contribution in [0.5, 0.6) is 5.88 Å². The minimum absolute atomic E-state index is 0.126. The molecule has 1 saturated heterocycles. The molecule has 11 heteroatoms. The van der Waals surface area contributed by atoms with E-state index in [1.54, 1.807) is 0 Å². The maximum Gasteiger partial charge on any atom is 0.248 e. The molecule has 1 aromatic carbocycles. The Bertz CT molecular complexity index is 1000. The van der Waals surface area contributed by atoms with Crippen LogP contribution in [-0.4, -0.2) is 59.1 Å². The third-order valence-corrected chi connectivity index (χ3v) is 7.94. The molecular weight excluding hydrogens is 444 g/mol. The third-order valence-electron chi connectivity index (χ3n) is 5.27. The van der Waals surface area contributed by atoms with Crippen molar-refractivity contribution in [2.45, 2.75) is 29.9 Å². The zero-order valence-corrected chi connectivity index (χ0v) is 18.6. The molecule has 0 saturated carbocycles. The Labute approximate surface area is 186 Å². The lowest BCUT2D eigenvalue weighted by molar-refractivity contribution is -0.130. The largest absolute Gasteiger partial charge is 0.480 e. The fraction of sp³-hybridized carbons (Fsp3) is 0.381. The number of amides is 1. The van der Waals surface area contributed by atoms with E-state index in [0.717, 1.165) is 12.1 Å². The second kappa shape index (κ2) is 10.1. The number of thiol groups is 1. The van der Waals surface area contributed by atoms with E-state index in [2.05, 4.69) is 15.5 Å². The predicted molar refractivity (Wildman–Crippen MR) is 114 cm³/mol. The SMILES string of the molecule is COc1ccc(C2C(=O)C(CNC(=O)C(C)OC)[SH](Cc3c(F)cccc3F)C2=O)nn1. The van der Waals surface area contributed by atoms with Crippen molar-refractivity contribution in [3.63, 3.8) is 0 Å². The van der Waals surface area contributed by atoms with Gasteiger partial charge in [-0.3, -0.25) is 14.4 Å². The molecular formula is C21H23F2N3O5S. The molecule has 0 bridgehead atoms. The Balaban J connectivity index is 1.93. The van der Waals surface area contributed by atoms with Crippen LogP contribution in [0.4, 0.5) is 8.78 Å². The van der Waals surface area contributed by atoms with Gasteiger partial charge in [-0.25, -0.2) is 8.78 Å². The first-order valence-corrected chi connectivity index (χ1v) is 11.3. The molecule has 0 spiro atoms. The summed E-state index contributed by atoms with van der Waals surface area (Å²) in [6.07, 6.45) is -0.763. The topological polar surface area (TPSA) is 107 Å². The average molecular weight is 467 g/mol. The Hall–Kier alpha value is -2.92. The van der Waals surface area contributed by atoms with Gasteiger partial charge >= 0.3 is 0 Å². The monoisotopic (exact) mass is 467 g/mol. The fourth-order valence-electron chi connectivity index (χ4n) is 3.35. The lowest BCUT2D eigenvalue weighted by atomic mass is 9.99. The van der Waals surface area contributed by atoms with Crippen molar-refractivity contribution in [3.8, 4) is 5.88 Å². The molecule has 2 aromatic rings. The maximum absolute atomic E-state index is 14.3. The van der Waals surface area contributed by atoms with Crippen molar-refractivity contribution in [3.05, 3.63) is 53.2 Å². The van der Waals surface area contributed by atoms with Gasteiger partial charge in [0.15, 0.2) is 10.9 Å². The molecule has 1 aliphatic heterocycles. The van der Waals surface area contributed by atoms with Crippen molar-refractivity contribution in [1.82, 2.24) is 15.5 Å². The molecule has 1 N–H and O–H groups in total. The lowest BCUT2D eigenvalue weighted by Crippen LogP contribution is -2.40. The van der Waals surface area contributed by atoms with Gasteiger partial charge in [0.1, 0.15) is 23.7 Å². The number of halogens is 2. The van der Waals surface area contributed by atoms with E-state index in [-0.39, 0.29) is 29.4 Å². The summed E-state index contributed by atoms with van der Waals surface area (Å²) in [6, 6.07) is 6.34. The van der Waals surface area contributed by atoms with Crippen LogP contribution in [0.2, 0.25) is 0 Å². The Kier molecular flexibility index (Phi) is 7.52. The van der Waals surface area contributed by atoms with Gasteiger partial charge in [-0.1, -0.05) is 6.07 Å². The fourth-order valence-corrected chi connectivity index (χ4v) is 6.04. The molecule has 1 fully saturated rings. The van der Waals surface area contributed by atoms with E-state index in [1.807, 2.05) is 0 Å². The van der Waals surface area contributed by atoms with Gasteiger partial charge in [-0.2, -0.15) is 16.0 Å². The minimum atomic E-state index is -1.87. The second-order valence-corrected chi connectivity index (χ2v) is 9.46. The van der Waals surface area contributed by atoms with E-state index in [1.165, 1.54) is 39.3 Å². The molecule has 1 aliphatic rings. The summed E-state index contributed by atoms with van der Waals surface area (Å²) in [7, 11) is 0.893. The van der Waals surface area contributed by atoms with E-state index < -0.39 is 56.6 Å². The average Bonchev–Trinajstić information content (AvgIpc) is 3.02. The van der Waals surface area contributed by atoms with Gasteiger partial charge in [0, 0.05) is 31.0 Å². The van der Waals surface area contributed by atoms with Crippen molar-refractivity contribution < 1.29 is 32.6 Å². The zero-order valence-electron chi connectivity index (χ0n) is 17.7. The van der Waals surface area contributed by atoms with E-state index in [4.69, 9.17) is 9.47 Å². The predicted octanol–water partition coefficient (Wildman–Crippen LogP) is 1.68. The summed E-state index contributed by atoms with van der Waals surface area (Å²) in [5, 5.41) is 8.92. The Morgan fingerprint density at radius 1 is 1.16 bits per heavy atom. The van der Waals surface area contributed by atoms with Crippen LogP contribution in [0.1, 0.15) is 24.1 Å². The quantitative estimate of drug-likeness (QED) is 0.449. The number of carbonyl (C=O) groups excluding carboxylic acids is 3. The first kappa shape index (κ1) is 23.7. The van der Waals surface area contributed by atoms with Crippen molar-refractivity contribution in [2.24, 2.45) is 0 Å². The summed E-state index contributed by atoms with van der Waals surface area (Å²) in [5.74, 6) is -3.81. The number of carbonyl (C=O) groups is 3. The summed E-state index contributed by atoms with van der Waals surface area (Å²) in [6.45, 7) is 1.38. The first-order valence-electron chi connectivity index (χ1n) is 9.73. The Morgan fingerprint density at radius 2 is 1.84 bits per heavy atom. The normalized spacial score (nSPS) is 22.6. The molecule has 0 aliphatic carbocycles. The van der Waals surface area contributed by atoms with Crippen LogP contribution < -0.4 is 10.1 Å². The maximum atomic E-state index is 14.3. The van der Waals surface area contributed by atoms with Gasteiger partial charge in [-0.15, -0.1) is 5.10 Å². The summed E-state index contributed by atoms with van der Waals surface area (Å²) in [4.78, 5) is 38.6. The highest BCUT2D eigenvalue weighted by molar-refractivity contribution is 8.30. The molecule has 8 nitrogen and oxygen atoms in total. The van der Waals surface area contributed by atoms with E-state index >= 15 is 0 Å². The van der Waals surface area contributed by atoms with Gasteiger partial charge < -0.3 is 14.8 Å². The molecule has 1 amide bonds. The van der Waals surface area contributed by atoms with Crippen LogP contribution in [-0.2, 0) is 24.9 Å². The summed E-state index contributed by atoms with van der Waals surface area (Å²) >= 11 is 0. The smallest absolute Gasteiger partial charge is 0.248 e. The number of rotatable bonds is 8. The van der Waals surface area contributed by atoms with Crippen LogP contribution >= 0.6 is 10.9 Å². The summed E-state index contributed by atoms with van der Waals surface area (Å²) < 4.78 is 38.5. The molecule has 4 atom stereocenters. The highest BCUT2D eigenvalue weighted by atomic mass is 32.2. The third kappa shape index (κ3) is 4.78. The molecule has 1 aromatic heterocycles. The van der Waals surface area contributed by atoms with Gasteiger partial charge in [0.2, 0.25) is 11.8 Å². The number of nitrogens with one attached hydrogen (secondary N) is 1. The number of benzene rings is 1. The van der Waals surface area contributed by atoms with Crippen molar-refractivity contribution in [1.29, 1.82) is 0 Å². The standard InChI is InChI=1S/C21H23F2N3O5S/c1-11(30-2)20(28)24-9-16-19(27)18(15-7-8-17(31-3)26-25-15)21(29)32(16)10-12-13(22)5-4-6-14(12)23/h4-8,11,16,18,32H,9-10H2,1-3H3,(H,24,28). The number of nitrogens with zero attached hydrogens (tertiary/aromatic N) is 2. The highest BCUT2D eigenvalue weighted by Crippen LogP contribution is 2.50. The van der Waals surface area contributed by atoms with Crippen LogP contribution in [0.25, 0.3) is 0 Å². The van der Waals surface area contributed by atoms with Gasteiger partial charge in [-0.05, 0) is 25.1 Å². The lowest BCUT2D eigenvalue weighted by Gasteiger charge is -2.22. The number of hydrogen-bond acceptors (Lipinski definition) is 7. The molecule has 4 unspecified atom stereocenters. The summed E-state index contributed by atoms with van der Waals surface area (Å²) in [5.41, 5.74) is -0.135. The number of ether oxygens (including phenoxy) is 2. The number of hydrogen-bond donors (Lipinski definition) is 2. The number of ketones is 1. The molecule has 2 heterocycles. The Morgan fingerprint density at radius 3 is 2.41 bits per heavy atom. The van der Waals surface area contributed by atoms with Gasteiger partial charge in [0.05, 0.1) is 18.1 Å². The van der Waals surface area contributed by atoms with E-state index in [9.17, 15) is 23.2 Å². The molecule has 32 heavy (non-hydrogen) atoms. The van der Waals surface area contributed by atoms with Crippen molar-refractivity contribution >= 4 is 27.7 Å². The minimum Gasteiger partial charge on any atom is -0.480 e. The highest BCUT2D eigenvalue weighted by Gasteiger charge is 2.49. The number of Topliss-reactive ketones (excluding diaryl/α,β-unsaturated/α-hetero) is 1. The number of methoxy groups -OCH3 is 2. The first-order chi connectivity index (χ1) is 15.3. The van der Waals surface area contributed by atoms with Crippen LogP contribution in [0.15, 0.2) is 30.3 Å². The van der Waals surface area contributed by atoms with Gasteiger partial charge in [0.25, 0.3) is 0 Å². The zero-order chi connectivity index (χ0) is 23.4. The van der Waals surface area contributed by atoms with E-state index in [0.29, 0.717) is 0 Å². The molecule has 172 valence electrons. The van der Waals surface area contributed by atoms with Crippen LogP contribution in [0, 0.1) is 11.6 Å². The second-order valence-electron chi connectivity index (χ2n) is 7.14.